The zero-order chi connectivity index (χ0) is 14.8. The average Bonchev–Trinajstić information content (AvgIpc) is 2.46. The number of likely N-dealkylation sites (tertiary alicyclic amines) is 1. The molecule has 1 amide bonds. The molecule has 0 unspecified atom stereocenters. The Labute approximate surface area is 122 Å². The Balaban J connectivity index is 2.29. The SMILES string of the molecule is CCCN(CCC)C(=O)CN1CCC(OCCO)CC1. The van der Waals surface area contributed by atoms with Crippen molar-refractivity contribution >= 4 is 5.91 Å². The molecular formula is C15H30N2O3. The van der Waals surface area contributed by atoms with Crippen LogP contribution in [0.2, 0.25) is 0 Å². The lowest BCUT2D eigenvalue weighted by atomic mass is 10.1. The van der Waals surface area contributed by atoms with Crippen molar-refractivity contribution in [1.82, 2.24) is 9.80 Å². The number of carbonyl (C=O) groups is 1. The number of ether oxygens (including phenoxy) is 1. The number of hydrogen-bond acceptors (Lipinski definition) is 4. The van der Waals surface area contributed by atoms with Crippen molar-refractivity contribution in [2.75, 3.05) is 45.9 Å². The van der Waals surface area contributed by atoms with Crippen molar-refractivity contribution in [3.63, 3.8) is 0 Å². The number of carbonyl (C=O) groups excluding carboxylic acids is 1. The van der Waals surface area contributed by atoms with E-state index in [0.29, 0.717) is 13.2 Å². The summed E-state index contributed by atoms with van der Waals surface area (Å²) in [6, 6.07) is 0. The Bertz CT molecular complexity index is 260. The first kappa shape index (κ1) is 17.4. The van der Waals surface area contributed by atoms with Gasteiger partial charge in [-0.2, -0.15) is 0 Å². The van der Waals surface area contributed by atoms with Gasteiger partial charge < -0.3 is 14.7 Å². The summed E-state index contributed by atoms with van der Waals surface area (Å²) in [5.74, 6) is 0.253. The molecule has 0 aliphatic carbocycles. The fourth-order valence-corrected chi connectivity index (χ4v) is 2.65. The van der Waals surface area contributed by atoms with Crippen LogP contribution in [0.25, 0.3) is 0 Å². The molecule has 0 atom stereocenters. The predicted octanol–water partition coefficient (Wildman–Crippen LogP) is 1.11. The number of piperidine rings is 1. The largest absolute Gasteiger partial charge is 0.394 e. The fourth-order valence-electron chi connectivity index (χ4n) is 2.65. The van der Waals surface area contributed by atoms with Gasteiger partial charge in [0.2, 0.25) is 5.91 Å². The molecule has 0 spiro atoms. The second-order valence-corrected chi connectivity index (χ2v) is 5.45. The highest BCUT2D eigenvalue weighted by Gasteiger charge is 2.22. The van der Waals surface area contributed by atoms with Gasteiger partial charge in [0.1, 0.15) is 0 Å². The second kappa shape index (κ2) is 10.1. The lowest BCUT2D eigenvalue weighted by molar-refractivity contribution is -0.133. The van der Waals surface area contributed by atoms with Crippen LogP contribution in [0.15, 0.2) is 0 Å². The first-order valence-electron chi connectivity index (χ1n) is 7.93. The van der Waals surface area contributed by atoms with E-state index in [9.17, 15) is 4.79 Å². The van der Waals surface area contributed by atoms with Crippen molar-refractivity contribution in [2.45, 2.75) is 45.6 Å². The highest BCUT2D eigenvalue weighted by atomic mass is 16.5. The highest BCUT2D eigenvalue weighted by molar-refractivity contribution is 5.78. The number of aliphatic hydroxyl groups is 1. The monoisotopic (exact) mass is 286 g/mol. The third kappa shape index (κ3) is 6.20. The molecule has 5 nitrogen and oxygen atoms in total. The molecule has 0 saturated carbocycles. The van der Waals surface area contributed by atoms with Crippen LogP contribution in [0.4, 0.5) is 0 Å². The number of nitrogens with zero attached hydrogens (tertiary/aromatic N) is 2. The lowest BCUT2D eigenvalue weighted by Crippen LogP contribution is -2.45. The summed E-state index contributed by atoms with van der Waals surface area (Å²) in [5, 5.41) is 8.74. The van der Waals surface area contributed by atoms with Crippen molar-refractivity contribution in [1.29, 1.82) is 0 Å². The molecule has 0 aromatic rings. The van der Waals surface area contributed by atoms with Gasteiger partial charge in [-0.15, -0.1) is 0 Å². The van der Waals surface area contributed by atoms with Crippen LogP contribution in [0.5, 0.6) is 0 Å². The van der Waals surface area contributed by atoms with E-state index in [0.717, 1.165) is 51.9 Å². The number of rotatable bonds is 9. The normalized spacial score (nSPS) is 17.4. The summed E-state index contributed by atoms with van der Waals surface area (Å²) in [6.07, 6.45) is 4.19. The molecular weight excluding hydrogens is 256 g/mol. The summed E-state index contributed by atoms with van der Waals surface area (Å²) >= 11 is 0. The molecule has 1 fully saturated rings. The van der Waals surface area contributed by atoms with E-state index in [-0.39, 0.29) is 18.6 Å². The highest BCUT2D eigenvalue weighted by Crippen LogP contribution is 2.13. The van der Waals surface area contributed by atoms with Gasteiger partial charge in [0.15, 0.2) is 0 Å². The van der Waals surface area contributed by atoms with E-state index in [1.54, 1.807) is 0 Å². The topological polar surface area (TPSA) is 53.0 Å². The maximum Gasteiger partial charge on any atom is 0.236 e. The number of hydrogen-bond donors (Lipinski definition) is 1. The summed E-state index contributed by atoms with van der Waals surface area (Å²) in [5.41, 5.74) is 0. The molecule has 0 bridgehead atoms. The van der Waals surface area contributed by atoms with Gasteiger partial charge >= 0.3 is 0 Å². The van der Waals surface area contributed by atoms with Crippen molar-refractivity contribution in [3.8, 4) is 0 Å². The van der Waals surface area contributed by atoms with E-state index in [1.807, 2.05) is 4.90 Å². The van der Waals surface area contributed by atoms with E-state index in [1.165, 1.54) is 0 Å². The van der Waals surface area contributed by atoms with E-state index < -0.39 is 0 Å². The van der Waals surface area contributed by atoms with Gasteiger partial charge in [-0.3, -0.25) is 9.69 Å². The lowest BCUT2D eigenvalue weighted by Gasteiger charge is -2.33. The van der Waals surface area contributed by atoms with Gasteiger partial charge in [0.25, 0.3) is 0 Å². The smallest absolute Gasteiger partial charge is 0.236 e. The van der Waals surface area contributed by atoms with Crippen LogP contribution in [0.3, 0.4) is 0 Å². The minimum atomic E-state index is 0.0850. The summed E-state index contributed by atoms with van der Waals surface area (Å²) in [4.78, 5) is 16.5. The molecule has 0 radical (unpaired) electrons. The van der Waals surface area contributed by atoms with Crippen LogP contribution in [0, 0.1) is 0 Å². The molecule has 1 N–H and O–H groups in total. The minimum Gasteiger partial charge on any atom is -0.394 e. The van der Waals surface area contributed by atoms with Crippen LogP contribution in [0.1, 0.15) is 39.5 Å². The number of aliphatic hydroxyl groups excluding tert-OH is 1. The van der Waals surface area contributed by atoms with Crippen LogP contribution >= 0.6 is 0 Å². The maximum atomic E-state index is 12.3. The quantitative estimate of drug-likeness (QED) is 0.690. The Hall–Kier alpha value is -0.650. The summed E-state index contributed by atoms with van der Waals surface area (Å²) in [7, 11) is 0. The molecule has 1 aliphatic rings. The van der Waals surface area contributed by atoms with Crippen LogP contribution in [-0.2, 0) is 9.53 Å². The third-order valence-corrected chi connectivity index (χ3v) is 3.68. The van der Waals surface area contributed by atoms with Gasteiger partial charge in [-0.1, -0.05) is 13.8 Å². The van der Waals surface area contributed by atoms with Gasteiger partial charge in [0.05, 0.1) is 25.9 Å². The molecule has 118 valence electrons. The molecule has 1 aliphatic heterocycles. The molecule has 0 aromatic carbocycles. The molecule has 20 heavy (non-hydrogen) atoms. The van der Waals surface area contributed by atoms with E-state index >= 15 is 0 Å². The standard InChI is InChI=1S/C15H30N2O3/c1-3-7-17(8-4-2)15(19)13-16-9-5-14(6-10-16)20-12-11-18/h14,18H,3-13H2,1-2H3. The van der Waals surface area contributed by atoms with Gasteiger partial charge in [-0.05, 0) is 25.7 Å². The van der Waals surface area contributed by atoms with E-state index in [2.05, 4.69) is 18.7 Å². The second-order valence-electron chi connectivity index (χ2n) is 5.45. The molecule has 1 heterocycles. The molecule has 5 heteroatoms. The van der Waals surface area contributed by atoms with Crippen molar-refractivity contribution in [2.24, 2.45) is 0 Å². The average molecular weight is 286 g/mol. The Kier molecular flexibility index (Phi) is 8.82. The zero-order valence-electron chi connectivity index (χ0n) is 13.0. The Morgan fingerprint density at radius 1 is 1.25 bits per heavy atom. The summed E-state index contributed by atoms with van der Waals surface area (Å²) in [6.45, 7) is 8.81. The zero-order valence-corrected chi connectivity index (χ0v) is 13.0. The van der Waals surface area contributed by atoms with Crippen LogP contribution < -0.4 is 0 Å². The summed E-state index contributed by atoms with van der Waals surface area (Å²) < 4.78 is 5.54. The third-order valence-electron chi connectivity index (χ3n) is 3.68. The molecule has 1 saturated heterocycles. The fraction of sp³-hybridized carbons (Fsp3) is 0.933. The Morgan fingerprint density at radius 2 is 1.85 bits per heavy atom. The first-order valence-corrected chi connectivity index (χ1v) is 7.93. The molecule has 1 rings (SSSR count). The van der Waals surface area contributed by atoms with Gasteiger partial charge in [-0.25, -0.2) is 0 Å². The minimum absolute atomic E-state index is 0.0850. The maximum absolute atomic E-state index is 12.3. The van der Waals surface area contributed by atoms with Crippen LogP contribution in [-0.4, -0.2) is 72.9 Å². The van der Waals surface area contributed by atoms with E-state index in [4.69, 9.17) is 9.84 Å². The molecule has 0 aromatic heterocycles. The number of amides is 1. The van der Waals surface area contributed by atoms with Gasteiger partial charge in [0, 0.05) is 26.2 Å². The first-order chi connectivity index (χ1) is 9.71. The predicted molar refractivity (Wildman–Crippen MR) is 79.7 cm³/mol. The van der Waals surface area contributed by atoms with Crippen molar-refractivity contribution in [3.05, 3.63) is 0 Å². The van der Waals surface area contributed by atoms with Crippen molar-refractivity contribution < 1.29 is 14.6 Å². The Morgan fingerprint density at radius 3 is 2.35 bits per heavy atom.